The standard InChI is InChI=1S/C24H22N2O6/c1-29-19-12-10-18(11-13-19)24(28)32-20-7-5-6-17(14-20)15-25-26-23(27)16-31-22-9-4-3-8-21(22)30-2/h3-15H,16H2,1-2H3,(H,26,27)/b25-15-. The molecule has 0 aromatic heterocycles. The minimum Gasteiger partial charge on any atom is -0.497 e. The zero-order chi connectivity index (χ0) is 22.8. The molecule has 1 amide bonds. The second kappa shape index (κ2) is 11.2. The van der Waals surface area contributed by atoms with Crippen molar-refractivity contribution in [1.82, 2.24) is 5.43 Å². The van der Waals surface area contributed by atoms with Crippen LogP contribution in [0.4, 0.5) is 0 Å². The minimum atomic E-state index is -0.497. The van der Waals surface area contributed by atoms with Gasteiger partial charge in [0.25, 0.3) is 5.91 Å². The summed E-state index contributed by atoms with van der Waals surface area (Å²) in [5.74, 6) is 1.05. The van der Waals surface area contributed by atoms with Gasteiger partial charge in [-0.15, -0.1) is 0 Å². The van der Waals surface area contributed by atoms with E-state index in [9.17, 15) is 9.59 Å². The molecule has 8 heteroatoms. The number of amides is 1. The largest absolute Gasteiger partial charge is 0.497 e. The molecule has 0 bridgehead atoms. The number of nitrogens with one attached hydrogen (secondary N) is 1. The first-order valence-electron chi connectivity index (χ1n) is 9.63. The van der Waals surface area contributed by atoms with Crippen molar-refractivity contribution in [2.24, 2.45) is 5.10 Å². The van der Waals surface area contributed by atoms with Gasteiger partial charge in [0.15, 0.2) is 18.1 Å². The zero-order valence-electron chi connectivity index (χ0n) is 17.6. The second-order valence-electron chi connectivity index (χ2n) is 6.42. The van der Waals surface area contributed by atoms with Crippen LogP contribution in [0, 0.1) is 0 Å². The molecule has 0 aliphatic heterocycles. The molecule has 3 aromatic rings. The summed E-state index contributed by atoms with van der Waals surface area (Å²) < 4.78 is 21.1. The summed E-state index contributed by atoms with van der Waals surface area (Å²) in [6.07, 6.45) is 1.44. The summed E-state index contributed by atoms with van der Waals surface area (Å²) in [5.41, 5.74) is 3.41. The van der Waals surface area contributed by atoms with Crippen LogP contribution < -0.4 is 24.4 Å². The van der Waals surface area contributed by atoms with Crippen molar-refractivity contribution in [1.29, 1.82) is 0 Å². The van der Waals surface area contributed by atoms with E-state index in [0.717, 1.165) is 0 Å². The van der Waals surface area contributed by atoms with Crippen LogP contribution in [-0.4, -0.2) is 38.9 Å². The van der Waals surface area contributed by atoms with Crippen molar-refractivity contribution in [2.75, 3.05) is 20.8 Å². The molecule has 0 heterocycles. The molecular formula is C24H22N2O6. The van der Waals surface area contributed by atoms with Gasteiger partial charge in [-0.2, -0.15) is 5.10 Å². The summed E-state index contributed by atoms with van der Waals surface area (Å²) >= 11 is 0. The van der Waals surface area contributed by atoms with Crippen LogP contribution in [0.15, 0.2) is 77.9 Å². The van der Waals surface area contributed by atoms with Crippen LogP contribution in [0.1, 0.15) is 15.9 Å². The Labute approximate surface area is 185 Å². The van der Waals surface area contributed by atoms with Gasteiger partial charge < -0.3 is 18.9 Å². The molecule has 0 aliphatic rings. The molecule has 0 spiro atoms. The zero-order valence-corrected chi connectivity index (χ0v) is 17.6. The minimum absolute atomic E-state index is 0.225. The monoisotopic (exact) mass is 434 g/mol. The van der Waals surface area contributed by atoms with Gasteiger partial charge in [0.1, 0.15) is 11.5 Å². The van der Waals surface area contributed by atoms with Gasteiger partial charge in [-0.05, 0) is 54.1 Å². The summed E-state index contributed by atoms with van der Waals surface area (Å²) in [5, 5.41) is 3.90. The molecular weight excluding hydrogens is 412 g/mol. The van der Waals surface area contributed by atoms with Gasteiger partial charge in [-0.1, -0.05) is 24.3 Å². The number of hydrogen-bond donors (Lipinski definition) is 1. The summed E-state index contributed by atoms with van der Waals surface area (Å²) in [6.45, 7) is -0.225. The number of nitrogens with zero attached hydrogens (tertiary/aromatic N) is 1. The lowest BCUT2D eigenvalue weighted by Crippen LogP contribution is -2.24. The Balaban J connectivity index is 1.52. The lowest BCUT2D eigenvalue weighted by atomic mass is 10.2. The van der Waals surface area contributed by atoms with Gasteiger partial charge in [0.2, 0.25) is 0 Å². The Hall–Kier alpha value is -4.33. The number of rotatable bonds is 9. The normalized spacial score (nSPS) is 10.4. The molecule has 3 rings (SSSR count). The predicted octanol–water partition coefficient (Wildman–Crippen LogP) is 3.45. The van der Waals surface area contributed by atoms with Crippen molar-refractivity contribution >= 4 is 18.1 Å². The molecule has 0 aliphatic carbocycles. The van der Waals surface area contributed by atoms with Crippen molar-refractivity contribution in [3.05, 3.63) is 83.9 Å². The number of benzene rings is 3. The second-order valence-corrected chi connectivity index (χ2v) is 6.42. The SMILES string of the molecule is COc1ccc(C(=O)Oc2cccc(/C=N\NC(=O)COc3ccccc3OC)c2)cc1. The van der Waals surface area contributed by atoms with Gasteiger partial charge in [0, 0.05) is 0 Å². The lowest BCUT2D eigenvalue weighted by molar-refractivity contribution is -0.123. The Morgan fingerprint density at radius 1 is 0.875 bits per heavy atom. The highest BCUT2D eigenvalue weighted by molar-refractivity contribution is 5.91. The van der Waals surface area contributed by atoms with Gasteiger partial charge in [0.05, 0.1) is 26.0 Å². The van der Waals surface area contributed by atoms with Crippen LogP contribution in [0.3, 0.4) is 0 Å². The van der Waals surface area contributed by atoms with Crippen molar-refractivity contribution in [2.45, 2.75) is 0 Å². The molecule has 0 radical (unpaired) electrons. The van der Waals surface area contributed by atoms with E-state index in [2.05, 4.69) is 10.5 Å². The van der Waals surface area contributed by atoms with Crippen molar-refractivity contribution in [3.8, 4) is 23.0 Å². The van der Waals surface area contributed by atoms with E-state index in [1.54, 1.807) is 79.9 Å². The fourth-order valence-electron chi connectivity index (χ4n) is 2.64. The van der Waals surface area contributed by atoms with Gasteiger partial charge in [-0.25, -0.2) is 10.2 Å². The summed E-state index contributed by atoms with van der Waals surface area (Å²) in [6, 6.07) is 20.4. The van der Waals surface area contributed by atoms with Crippen LogP contribution >= 0.6 is 0 Å². The van der Waals surface area contributed by atoms with Crippen molar-refractivity contribution in [3.63, 3.8) is 0 Å². The number of para-hydroxylation sites is 2. The van der Waals surface area contributed by atoms with Crippen LogP contribution in [0.25, 0.3) is 0 Å². The number of esters is 1. The number of carbonyl (C=O) groups is 2. The highest BCUT2D eigenvalue weighted by Crippen LogP contribution is 2.25. The highest BCUT2D eigenvalue weighted by Gasteiger charge is 2.09. The van der Waals surface area contributed by atoms with Gasteiger partial charge in [-0.3, -0.25) is 4.79 Å². The first-order valence-corrected chi connectivity index (χ1v) is 9.63. The van der Waals surface area contributed by atoms with Crippen LogP contribution in [0.5, 0.6) is 23.0 Å². The lowest BCUT2D eigenvalue weighted by Gasteiger charge is -2.09. The first kappa shape index (κ1) is 22.4. The Bertz CT molecular complexity index is 1100. The molecule has 0 saturated carbocycles. The Morgan fingerprint density at radius 3 is 2.34 bits per heavy atom. The average Bonchev–Trinajstić information content (AvgIpc) is 2.83. The fraction of sp³-hybridized carbons (Fsp3) is 0.125. The van der Waals surface area contributed by atoms with E-state index in [0.29, 0.717) is 34.1 Å². The summed E-state index contributed by atoms with van der Waals surface area (Å²) in [4.78, 5) is 24.2. The molecule has 8 nitrogen and oxygen atoms in total. The topological polar surface area (TPSA) is 95.5 Å². The maximum atomic E-state index is 12.3. The average molecular weight is 434 g/mol. The third-order valence-electron chi connectivity index (χ3n) is 4.23. The summed E-state index contributed by atoms with van der Waals surface area (Å²) in [7, 11) is 3.07. The third kappa shape index (κ3) is 6.33. The van der Waals surface area contributed by atoms with Crippen LogP contribution in [-0.2, 0) is 4.79 Å². The molecule has 3 aromatic carbocycles. The smallest absolute Gasteiger partial charge is 0.343 e. The number of methoxy groups -OCH3 is 2. The van der Waals surface area contributed by atoms with E-state index in [-0.39, 0.29) is 6.61 Å². The quantitative estimate of drug-likeness (QED) is 0.240. The first-order chi connectivity index (χ1) is 15.6. The fourth-order valence-corrected chi connectivity index (χ4v) is 2.64. The maximum Gasteiger partial charge on any atom is 0.343 e. The molecule has 0 saturated heterocycles. The third-order valence-corrected chi connectivity index (χ3v) is 4.23. The molecule has 1 N–H and O–H groups in total. The van der Waals surface area contributed by atoms with Crippen molar-refractivity contribution < 1.29 is 28.5 Å². The van der Waals surface area contributed by atoms with E-state index in [1.807, 2.05) is 0 Å². The van der Waals surface area contributed by atoms with E-state index in [4.69, 9.17) is 18.9 Å². The van der Waals surface area contributed by atoms with E-state index >= 15 is 0 Å². The van der Waals surface area contributed by atoms with E-state index < -0.39 is 11.9 Å². The molecule has 164 valence electrons. The van der Waals surface area contributed by atoms with Gasteiger partial charge >= 0.3 is 5.97 Å². The molecule has 32 heavy (non-hydrogen) atoms. The molecule has 0 atom stereocenters. The highest BCUT2D eigenvalue weighted by atomic mass is 16.5. The number of hydrazone groups is 1. The van der Waals surface area contributed by atoms with E-state index in [1.165, 1.54) is 13.3 Å². The number of carbonyl (C=O) groups excluding carboxylic acids is 2. The number of hydrogen-bond acceptors (Lipinski definition) is 7. The number of ether oxygens (including phenoxy) is 4. The molecule has 0 unspecified atom stereocenters. The molecule has 0 fully saturated rings. The Kier molecular flexibility index (Phi) is 7.80. The predicted molar refractivity (Wildman–Crippen MR) is 119 cm³/mol. The van der Waals surface area contributed by atoms with Crippen LogP contribution in [0.2, 0.25) is 0 Å². The Morgan fingerprint density at radius 2 is 1.62 bits per heavy atom. The maximum absolute atomic E-state index is 12.3.